The summed E-state index contributed by atoms with van der Waals surface area (Å²) in [4.78, 5) is 1.29. The van der Waals surface area contributed by atoms with Gasteiger partial charge >= 0.3 is 0 Å². The van der Waals surface area contributed by atoms with Gasteiger partial charge in [0, 0.05) is 14.2 Å². The summed E-state index contributed by atoms with van der Waals surface area (Å²) in [5.74, 6) is 1.10. The van der Waals surface area contributed by atoms with Gasteiger partial charge in [0.1, 0.15) is 0 Å². The standard InChI is InChI=1S/C8H10INS/c1-2-11-7-5-3-4-6(10)8(7)9/h3-5H,2,10H2,1H3. The summed E-state index contributed by atoms with van der Waals surface area (Å²) >= 11 is 4.11. The molecule has 0 amide bonds. The first-order valence-electron chi connectivity index (χ1n) is 3.42. The first-order valence-corrected chi connectivity index (χ1v) is 5.49. The summed E-state index contributed by atoms with van der Waals surface area (Å²) in [6, 6.07) is 6.03. The lowest BCUT2D eigenvalue weighted by atomic mass is 10.3. The van der Waals surface area contributed by atoms with Gasteiger partial charge in [0.15, 0.2) is 0 Å². The van der Waals surface area contributed by atoms with Crippen molar-refractivity contribution < 1.29 is 0 Å². The lowest BCUT2D eigenvalue weighted by Crippen LogP contribution is -1.90. The Bertz CT molecular complexity index is 250. The van der Waals surface area contributed by atoms with Crippen molar-refractivity contribution in [1.82, 2.24) is 0 Å². The van der Waals surface area contributed by atoms with Crippen LogP contribution < -0.4 is 5.73 Å². The molecule has 1 aromatic carbocycles. The highest BCUT2D eigenvalue weighted by Gasteiger charge is 2.00. The summed E-state index contributed by atoms with van der Waals surface area (Å²) in [6.45, 7) is 2.14. The Kier molecular flexibility index (Phi) is 3.51. The minimum Gasteiger partial charge on any atom is -0.398 e. The number of rotatable bonds is 2. The van der Waals surface area contributed by atoms with Gasteiger partial charge in [-0.2, -0.15) is 0 Å². The molecule has 1 rings (SSSR count). The summed E-state index contributed by atoms with van der Waals surface area (Å²) < 4.78 is 1.18. The number of hydrogen-bond donors (Lipinski definition) is 1. The molecule has 0 bridgehead atoms. The predicted molar refractivity (Wildman–Crippen MR) is 60.0 cm³/mol. The molecule has 0 aliphatic rings. The van der Waals surface area contributed by atoms with Crippen LogP contribution in [0.15, 0.2) is 23.1 Å². The van der Waals surface area contributed by atoms with Crippen molar-refractivity contribution in [3.63, 3.8) is 0 Å². The van der Waals surface area contributed by atoms with E-state index in [1.807, 2.05) is 23.9 Å². The molecule has 3 heteroatoms. The molecule has 0 radical (unpaired) electrons. The molecular formula is C8H10INS. The number of hydrogen-bond acceptors (Lipinski definition) is 2. The van der Waals surface area contributed by atoms with Crippen LogP contribution in [0.5, 0.6) is 0 Å². The topological polar surface area (TPSA) is 26.0 Å². The minimum atomic E-state index is 0.879. The number of benzene rings is 1. The number of anilines is 1. The predicted octanol–water partition coefficient (Wildman–Crippen LogP) is 2.99. The maximum absolute atomic E-state index is 5.73. The molecule has 0 saturated heterocycles. The van der Waals surface area contributed by atoms with Gasteiger partial charge in [-0.15, -0.1) is 11.8 Å². The average molecular weight is 279 g/mol. The molecule has 0 heterocycles. The fourth-order valence-corrected chi connectivity index (χ4v) is 2.35. The van der Waals surface area contributed by atoms with Crippen molar-refractivity contribution >= 4 is 40.0 Å². The third-order valence-corrected chi connectivity index (χ3v) is 3.80. The van der Waals surface area contributed by atoms with E-state index in [4.69, 9.17) is 5.73 Å². The van der Waals surface area contributed by atoms with Gasteiger partial charge in [0.05, 0.1) is 0 Å². The minimum absolute atomic E-state index is 0.879. The second-order valence-electron chi connectivity index (χ2n) is 2.09. The third-order valence-electron chi connectivity index (χ3n) is 1.29. The van der Waals surface area contributed by atoms with Crippen molar-refractivity contribution in [1.29, 1.82) is 0 Å². The van der Waals surface area contributed by atoms with Crippen LogP contribution in [0.1, 0.15) is 6.92 Å². The first-order chi connectivity index (χ1) is 5.25. The van der Waals surface area contributed by atoms with E-state index >= 15 is 0 Å². The summed E-state index contributed by atoms with van der Waals surface area (Å²) in [6.07, 6.45) is 0. The van der Waals surface area contributed by atoms with Gasteiger partial charge < -0.3 is 5.73 Å². The van der Waals surface area contributed by atoms with Crippen molar-refractivity contribution in [3.8, 4) is 0 Å². The first kappa shape index (κ1) is 9.19. The molecule has 0 unspecified atom stereocenters. The molecule has 0 aliphatic carbocycles. The average Bonchev–Trinajstić information content (AvgIpc) is 1.99. The van der Waals surface area contributed by atoms with Crippen LogP contribution in [0.4, 0.5) is 5.69 Å². The smallest absolute Gasteiger partial charge is 0.0495 e. The largest absolute Gasteiger partial charge is 0.398 e. The maximum Gasteiger partial charge on any atom is 0.0495 e. The van der Waals surface area contributed by atoms with Crippen LogP contribution in [0.3, 0.4) is 0 Å². The van der Waals surface area contributed by atoms with E-state index in [-0.39, 0.29) is 0 Å². The Morgan fingerprint density at radius 3 is 2.91 bits per heavy atom. The second-order valence-corrected chi connectivity index (χ2v) is 4.48. The molecule has 1 nitrogen and oxygen atoms in total. The fraction of sp³-hybridized carbons (Fsp3) is 0.250. The molecule has 0 atom stereocenters. The lowest BCUT2D eigenvalue weighted by Gasteiger charge is -2.03. The highest BCUT2D eigenvalue weighted by atomic mass is 127. The van der Waals surface area contributed by atoms with Gasteiger partial charge in [0.2, 0.25) is 0 Å². The number of thioether (sulfide) groups is 1. The summed E-state index contributed by atoms with van der Waals surface area (Å²) in [5, 5.41) is 0. The van der Waals surface area contributed by atoms with Gasteiger partial charge in [-0.25, -0.2) is 0 Å². The Morgan fingerprint density at radius 1 is 1.55 bits per heavy atom. The molecule has 1 aromatic rings. The van der Waals surface area contributed by atoms with E-state index in [1.165, 1.54) is 8.47 Å². The molecule has 0 spiro atoms. The van der Waals surface area contributed by atoms with Crippen LogP contribution in [0.25, 0.3) is 0 Å². The molecule has 0 aromatic heterocycles. The van der Waals surface area contributed by atoms with E-state index in [0.717, 1.165) is 11.4 Å². The zero-order valence-corrected chi connectivity index (χ0v) is 9.28. The summed E-state index contributed by atoms with van der Waals surface area (Å²) in [5.41, 5.74) is 6.61. The van der Waals surface area contributed by atoms with Crippen LogP contribution in [-0.4, -0.2) is 5.75 Å². The van der Waals surface area contributed by atoms with Gasteiger partial charge in [-0.3, -0.25) is 0 Å². The number of nitrogens with two attached hydrogens (primary N) is 1. The van der Waals surface area contributed by atoms with Crippen molar-refractivity contribution in [3.05, 3.63) is 21.8 Å². The summed E-state index contributed by atoms with van der Waals surface area (Å²) in [7, 11) is 0. The molecule has 2 N–H and O–H groups in total. The van der Waals surface area contributed by atoms with Gasteiger partial charge in [0.25, 0.3) is 0 Å². The Hall–Kier alpha value is 0.100. The molecule has 11 heavy (non-hydrogen) atoms. The van der Waals surface area contributed by atoms with Crippen LogP contribution >= 0.6 is 34.4 Å². The maximum atomic E-state index is 5.73. The van der Waals surface area contributed by atoms with Crippen molar-refractivity contribution in [2.45, 2.75) is 11.8 Å². The molecule has 0 aliphatic heterocycles. The third kappa shape index (κ3) is 2.27. The van der Waals surface area contributed by atoms with E-state index in [0.29, 0.717) is 0 Å². The second kappa shape index (κ2) is 4.21. The zero-order chi connectivity index (χ0) is 8.27. The number of halogens is 1. The van der Waals surface area contributed by atoms with Crippen molar-refractivity contribution in [2.75, 3.05) is 11.5 Å². The highest BCUT2D eigenvalue weighted by molar-refractivity contribution is 14.1. The Labute approximate surface area is 84.9 Å². The monoisotopic (exact) mass is 279 g/mol. The molecular weight excluding hydrogens is 269 g/mol. The van der Waals surface area contributed by atoms with E-state index in [9.17, 15) is 0 Å². The van der Waals surface area contributed by atoms with E-state index in [2.05, 4.69) is 35.6 Å². The lowest BCUT2D eigenvalue weighted by molar-refractivity contribution is 1.38. The van der Waals surface area contributed by atoms with Crippen LogP contribution in [-0.2, 0) is 0 Å². The van der Waals surface area contributed by atoms with E-state index < -0.39 is 0 Å². The van der Waals surface area contributed by atoms with Gasteiger partial charge in [-0.1, -0.05) is 13.0 Å². The fourth-order valence-electron chi connectivity index (χ4n) is 0.795. The van der Waals surface area contributed by atoms with E-state index in [1.54, 1.807) is 0 Å². The van der Waals surface area contributed by atoms with Crippen LogP contribution in [0, 0.1) is 3.57 Å². The normalized spacial score (nSPS) is 10.0. The Morgan fingerprint density at radius 2 is 2.27 bits per heavy atom. The zero-order valence-electron chi connectivity index (χ0n) is 6.30. The SMILES string of the molecule is CCSc1cccc(N)c1I. The Balaban J connectivity index is 2.96. The van der Waals surface area contributed by atoms with Crippen molar-refractivity contribution in [2.24, 2.45) is 0 Å². The molecule has 0 fully saturated rings. The highest BCUT2D eigenvalue weighted by Crippen LogP contribution is 2.27. The number of nitrogen functional groups attached to an aromatic ring is 1. The van der Waals surface area contributed by atoms with Gasteiger partial charge in [-0.05, 0) is 40.5 Å². The quantitative estimate of drug-likeness (QED) is 0.511. The molecule has 0 saturated carbocycles. The molecule has 60 valence electrons. The van der Waals surface area contributed by atoms with Crippen LogP contribution in [0.2, 0.25) is 0 Å².